The third kappa shape index (κ3) is 4.80. The van der Waals surface area contributed by atoms with Gasteiger partial charge < -0.3 is 9.64 Å². The second kappa shape index (κ2) is 7.85. The minimum absolute atomic E-state index is 0.0764. The van der Waals surface area contributed by atoms with Gasteiger partial charge in [-0.15, -0.1) is 0 Å². The first-order chi connectivity index (χ1) is 12.1. The van der Waals surface area contributed by atoms with Crippen molar-refractivity contribution in [2.75, 3.05) is 24.6 Å². The molecular weight excluding hydrogens is 336 g/mol. The van der Waals surface area contributed by atoms with E-state index in [9.17, 15) is 19.7 Å². The van der Waals surface area contributed by atoms with Gasteiger partial charge in [-0.2, -0.15) is 0 Å². The second-order valence-electron chi connectivity index (χ2n) is 7.88. The third-order valence-electron chi connectivity index (χ3n) is 4.70. The number of Topliss-reactive ketones (excluding diaryl/α,β-unsaturated/α-hetero) is 1. The van der Waals surface area contributed by atoms with Crippen LogP contribution >= 0.6 is 0 Å². The second-order valence-corrected chi connectivity index (χ2v) is 7.88. The molecule has 1 saturated heterocycles. The summed E-state index contributed by atoms with van der Waals surface area (Å²) in [5.41, 5.74) is -0.130. The highest BCUT2D eigenvalue weighted by atomic mass is 16.6. The van der Waals surface area contributed by atoms with Gasteiger partial charge in [0.1, 0.15) is 5.69 Å². The summed E-state index contributed by atoms with van der Waals surface area (Å²) in [6.45, 7) is 8.55. The molecule has 0 amide bonds. The molecule has 7 heteroatoms. The van der Waals surface area contributed by atoms with Crippen molar-refractivity contribution >= 4 is 23.1 Å². The number of anilines is 1. The predicted octanol–water partition coefficient (Wildman–Crippen LogP) is 3.60. The molecule has 0 aromatic heterocycles. The summed E-state index contributed by atoms with van der Waals surface area (Å²) in [4.78, 5) is 37.0. The van der Waals surface area contributed by atoms with E-state index in [0.717, 1.165) is 25.9 Å². The molecule has 1 heterocycles. The molecule has 0 spiro atoms. The van der Waals surface area contributed by atoms with E-state index in [-0.39, 0.29) is 23.6 Å². The van der Waals surface area contributed by atoms with Crippen molar-refractivity contribution in [3.05, 3.63) is 33.9 Å². The maximum atomic E-state index is 12.2. The predicted molar refractivity (Wildman–Crippen MR) is 98.5 cm³/mol. The molecule has 1 aromatic rings. The first-order valence-corrected chi connectivity index (χ1v) is 8.83. The van der Waals surface area contributed by atoms with Gasteiger partial charge in [0.25, 0.3) is 5.69 Å². The van der Waals surface area contributed by atoms with E-state index in [1.54, 1.807) is 26.8 Å². The molecule has 0 atom stereocenters. The number of rotatable bonds is 5. The normalized spacial score (nSPS) is 15.6. The molecule has 0 radical (unpaired) electrons. The molecule has 1 aliphatic rings. The summed E-state index contributed by atoms with van der Waals surface area (Å²) in [7, 11) is 0. The average molecular weight is 362 g/mol. The van der Waals surface area contributed by atoms with Crippen LogP contribution in [0.2, 0.25) is 0 Å². The van der Waals surface area contributed by atoms with Gasteiger partial charge in [0, 0.05) is 24.6 Å². The van der Waals surface area contributed by atoms with Gasteiger partial charge in [-0.25, -0.2) is 4.79 Å². The van der Waals surface area contributed by atoms with Crippen LogP contribution < -0.4 is 4.90 Å². The zero-order valence-electron chi connectivity index (χ0n) is 15.8. The number of nitro benzene ring substituents is 1. The highest BCUT2D eigenvalue weighted by Crippen LogP contribution is 2.32. The molecule has 1 aromatic carbocycles. The molecule has 1 aliphatic heterocycles. The van der Waals surface area contributed by atoms with E-state index in [1.165, 1.54) is 12.1 Å². The Kier molecular flexibility index (Phi) is 6.00. The topological polar surface area (TPSA) is 89.8 Å². The number of piperidine rings is 1. The molecule has 0 unspecified atom stereocenters. The molecule has 0 aliphatic carbocycles. The van der Waals surface area contributed by atoms with Gasteiger partial charge in [0.15, 0.2) is 12.4 Å². The summed E-state index contributed by atoms with van der Waals surface area (Å²) in [5.74, 6) is -0.330. The van der Waals surface area contributed by atoms with Crippen molar-refractivity contribution in [3.63, 3.8) is 0 Å². The number of ketones is 1. The van der Waals surface area contributed by atoms with Crippen LogP contribution in [0.15, 0.2) is 18.2 Å². The number of carbonyl (C=O) groups is 2. The largest absolute Gasteiger partial charge is 0.454 e. The first-order valence-electron chi connectivity index (χ1n) is 8.83. The van der Waals surface area contributed by atoms with Gasteiger partial charge in [-0.1, -0.05) is 27.7 Å². The lowest BCUT2D eigenvalue weighted by atomic mass is 9.91. The monoisotopic (exact) mass is 362 g/mol. The number of nitro groups is 1. The number of esters is 1. The number of hydrogen-bond acceptors (Lipinski definition) is 6. The number of carbonyl (C=O) groups excluding carboxylic acids is 2. The van der Waals surface area contributed by atoms with Crippen LogP contribution in [-0.4, -0.2) is 36.4 Å². The van der Waals surface area contributed by atoms with Crippen molar-refractivity contribution in [2.45, 2.75) is 40.5 Å². The standard InChI is InChI=1S/C19H26N2O5/c1-13-7-9-20(10-8-13)15-6-5-14(11-16(15)21(24)25)18(23)26-12-17(22)19(2,3)4/h5-6,11,13H,7-10,12H2,1-4H3. The molecule has 0 N–H and O–H groups in total. The highest BCUT2D eigenvalue weighted by molar-refractivity contribution is 5.94. The Morgan fingerprint density at radius 1 is 1.27 bits per heavy atom. The summed E-state index contributed by atoms with van der Waals surface area (Å²) in [5, 5.41) is 11.5. The molecule has 26 heavy (non-hydrogen) atoms. The molecule has 0 bridgehead atoms. The smallest absolute Gasteiger partial charge is 0.338 e. The van der Waals surface area contributed by atoms with Gasteiger partial charge in [-0.05, 0) is 30.9 Å². The number of nitrogens with zero attached hydrogens (tertiary/aromatic N) is 2. The van der Waals surface area contributed by atoms with Crippen LogP contribution in [0.4, 0.5) is 11.4 Å². The number of ether oxygens (including phenoxy) is 1. The fraction of sp³-hybridized carbons (Fsp3) is 0.579. The molecular formula is C19H26N2O5. The van der Waals surface area contributed by atoms with E-state index >= 15 is 0 Å². The maximum Gasteiger partial charge on any atom is 0.338 e. The summed E-state index contributed by atoms with van der Waals surface area (Å²) in [6.07, 6.45) is 1.96. The zero-order valence-corrected chi connectivity index (χ0v) is 15.8. The Morgan fingerprint density at radius 3 is 2.42 bits per heavy atom. The van der Waals surface area contributed by atoms with E-state index in [1.807, 2.05) is 4.90 Å². The van der Waals surface area contributed by atoms with Crippen molar-refractivity contribution < 1.29 is 19.2 Å². The number of hydrogen-bond donors (Lipinski definition) is 0. The van der Waals surface area contributed by atoms with E-state index in [4.69, 9.17) is 4.74 Å². The molecule has 0 saturated carbocycles. The fourth-order valence-corrected chi connectivity index (χ4v) is 2.74. The van der Waals surface area contributed by atoms with E-state index < -0.39 is 16.3 Å². The third-order valence-corrected chi connectivity index (χ3v) is 4.70. The summed E-state index contributed by atoms with van der Waals surface area (Å²) < 4.78 is 5.03. The van der Waals surface area contributed by atoms with Crippen molar-refractivity contribution in [2.24, 2.45) is 11.3 Å². The van der Waals surface area contributed by atoms with Crippen LogP contribution in [0.25, 0.3) is 0 Å². The minimum Gasteiger partial charge on any atom is -0.454 e. The fourth-order valence-electron chi connectivity index (χ4n) is 2.74. The Balaban J connectivity index is 2.16. The highest BCUT2D eigenvalue weighted by Gasteiger charge is 2.26. The molecule has 2 rings (SSSR count). The van der Waals surface area contributed by atoms with Crippen LogP contribution in [0.5, 0.6) is 0 Å². The lowest BCUT2D eigenvalue weighted by Gasteiger charge is -2.31. The quantitative estimate of drug-likeness (QED) is 0.452. The maximum absolute atomic E-state index is 12.2. The van der Waals surface area contributed by atoms with E-state index in [0.29, 0.717) is 11.6 Å². The van der Waals surface area contributed by atoms with Gasteiger partial charge in [-0.3, -0.25) is 14.9 Å². The first kappa shape index (κ1) is 19.9. The SMILES string of the molecule is CC1CCN(c2ccc(C(=O)OCC(=O)C(C)(C)C)cc2[N+](=O)[O-])CC1. The Labute approximate surface area is 153 Å². The van der Waals surface area contributed by atoms with Crippen LogP contribution in [0.1, 0.15) is 50.9 Å². The lowest BCUT2D eigenvalue weighted by Crippen LogP contribution is -2.33. The van der Waals surface area contributed by atoms with Gasteiger partial charge in [0.2, 0.25) is 0 Å². The number of benzene rings is 1. The van der Waals surface area contributed by atoms with Crippen molar-refractivity contribution in [1.82, 2.24) is 0 Å². The van der Waals surface area contributed by atoms with Crippen LogP contribution in [0.3, 0.4) is 0 Å². The van der Waals surface area contributed by atoms with Crippen molar-refractivity contribution in [1.29, 1.82) is 0 Å². The minimum atomic E-state index is -0.732. The molecule has 7 nitrogen and oxygen atoms in total. The molecule has 1 fully saturated rings. The zero-order chi connectivity index (χ0) is 19.5. The summed E-state index contributed by atoms with van der Waals surface area (Å²) in [6, 6.07) is 4.35. The van der Waals surface area contributed by atoms with Crippen LogP contribution in [-0.2, 0) is 9.53 Å². The van der Waals surface area contributed by atoms with Gasteiger partial charge in [0.05, 0.1) is 10.5 Å². The molecule has 142 valence electrons. The van der Waals surface area contributed by atoms with Crippen molar-refractivity contribution in [3.8, 4) is 0 Å². The Bertz CT molecular complexity index is 700. The Morgan fingerprint density at radius 2 is 1.88 bits per heavy atom. The van der Waals surface area contributed by atoms with Crippen LogP contribution in [0, 0.1) is 21.4 Å². The van der Waals surface area contributed by atoms with Gasteiger partial charge >= 0.3 is 5.97 Å². The Hall–Kier alpha value is -2.44. The van der Waals surface area contributed by atoms with E-state index in [2.05, 4.69) is 6.92 Å². The summed E-state index contributed by atoms with van der Waals surface area (Å²) >= 11 is 0. The average Bonchev–Trinajstić information content (AvgIpc) is 2.58. The lowest BCUT2D eigenvalue weighted by molar-refractivity contribution is -0.384.